The SMILES string of the molecule is CC(C)CCS(=O)(=O)c1ccc(Cl)cc1. The fraction of sp³-hybridized carbons (Fsp3) is 0.455. The first-order valence-electron chi connectivity index (χ1n) is 4.90. The lowest BCUT2D eigenvalue weighted by molar-refractivity contribution is 0.573. The van der Waals surface area contributed by atoms with Gasteiger partial charge in [-0.15, -0.1) is 0 Å². The van der Waals surface area contributed by atoms with Crippen LogP contribution in [0.15, 0.2) is 29.2 Å². The number of sulfone groups is 1. The molecule has 84 valence electrons. The fourth-order valence-corrected chi connectivity index (χ4v) is 2.84. The Kier molecular flexibility index (Phi) is 4.17. The van der Waals surface area contributed by atoms with Gasteiger partial charge in [0.1, 0.15) is 0 Å². The van der Waals surface area contributed by atoms with Crippen LogP contribution in [0.2, 0.25) is 5.02 Å². The molecule has 1 rings (SSSR count). The van der Waals surface area contributed by atoms with Gasteiger partial charge in [0.2, 0.25) is 0 Å². The molecule has 0 amide bonds. The zero-order valence-electron chi connectivity index (χ0n) is 8.90. The molecular formula is C11H15ClO2S. The Balaban J connectivity index is 2.82. The predicted molar refractivity (Wildman–Crippen MR) is 63.0 cm³/mol. The number of rotatable bonds is 4. The van der Waals surface area contributed by atoms with E-state index in [1.807, 2.05) is 13.8 Å². The van der Waals surface area contributed by atoms with Crippen LogP contribution < -0.4 is 0 Å². The smallest absolute Gasteiger partial charge is 0.178 e. The fourth-order valence-electron chi connectivity index (χ4n) is 1.15. The zero-order valence-corrected chi connectivity index (χ0v) is 10.5. The third-order valence-corrected chi connectivity index (χ3v) is 4.15. The summed E-state index contributed by atoms with van der Waals surface area (Å²) in [6, 6.07) is 6.31. The van der Waals surface area contributed by atoms with Crippen LogP contribution in [0.4, 0.5) is 0 Å². The van der Waals surface area contributed by atoms with Crippen LogP contribution >= 0.6 is 11.6 Å². The van der Waals surface area contributed by atoms with Crippen molar-refractivity contribution in [3.05, 3.63) is 29.3 Å². The van der Waals surface area contributed by atoms with Crippen molar-refractivity contribution in [2.24, 2.45) is 5.92 Å². The molecule has 0 aliphatic rings. The standard InChI is InChI=1S/C11H15ClO2S/c1-9(2)7-8-15(13,14)11-5-3-10(12)4-6-11/h3-6,9H,7-8H2,1-2H3. The molecule has 0 fully saturated rings. The van der Waals surface area contributed by atoms with Gasteiger partial charge in [0, 0.05) is 5.02 Å². The lowest BCUT2D eigenvalue weighted by Crippen LogP contribution is -2.08. The van der Waals surface area contributed by atoms with Gasteiger partial charge in [0.25, 0.3) is 0 Å². The Bertz CT molecular complexity index is 407. The van der Waals surface area contributed by atoms with E-state index in [9.17, 15) is 8.42 Å². The number of halogens is 1. The summed E-state index contributed by atoms with van der Waals surface area (Å²) in [5.41, 5.74) is 0. The van der Waals surface area contributed by atoms with Crippen molar-refractivity contribution in [1.29, 1.82) is 0 Å². The molecule has 0 aromatic heterocycles. The molecule has 0 saturated carbocycles. The lowest BCUT2D eigenvalue weighted by atomic mass is 10.2. The zero-order chi connectivity index (χ0) is 11.5. The highest BCUT2D eigenvalue weighted by molar-refractivity contribution is 7.91. The quantitative estimate of drug-likeness (QED) is 0.818. The van der Waals surface area contributed by atoms with Crippen molar-refractivity contribution in [3.8, 4) is 0 Å². The summed E-state index contributed by atoms with van der Waals surface area (Å²) < 4.78 is 23.6. The molecule has 0 unspecified atom stereocenters. The van der Waals surface area contributed by atoms with Gasteiger partial charge in [-0.3, -0.25) is 0 Å². The van der Waals surface area contributed by atoms with Crippen LogP contribution in [0, 0.1) is 5.92 Å². The second kappa shape index (κ2) is 4.99. The maximum Gasteiger partial charge on any atom is 0.178 e. The molecule has 0 atom stereocenters. The second-order valence-electron chi connectivity index (χ2n) is 3.96. The predicted octanol–water partition coefficient (Wildman–Crippen LogP) is 3.16. The summed E-state index contributed by atoms with van der Waals surface area (Å²) in [5.74, 6) is 0.596. The Morgan fingerprint density at radius 1 is 1.20 bits per heavy atom. The van der Waals surface area contributed by atoms with Crippen LogP contribution in [0.5, 0.6) is 0 Å². The Labute approximate surface area is 96.2 Å². The summed E-state index contributed by atoms with van der Waals surface area (Å²) in [4.78, 5) is 0.354. The third-order valence-electron chi connectivity index (χ3n) is 2.14. The van der Waals surface area contributed by atoms with Crippen molar-refractivity contribution in [3.63, 3.8) is 0 Å². The van der Waals surface area contributed by atoms with Crippen LogP contribution in [0.25, 0.3) is 0 Å². The number of hydrogen-bond donors (Lipinski definition) is 0. The number of benzene rings is 1. The van der Waals surface area contributed by atoms with Gasteiger partial charge in [0.05, 0.1) is 10.6 Å². The van der Waals surface area contributed by atoms with E-state index in [2.05, 4.69) is 0 Å². The van der Waals surface area contributed by atoms with Crippen LogP contribution in [0.3, 0.4) is 0 Å². The maximum atomic E-state index is 11.8. The number of hydrogen-bond acceptors (Lipinski definition) is 2. The van der Waals surface area contributed by atoms with Crippen molar-refractivity contribution < 1.29 is 8.42 Å². The second-order valence-corrected chi connectivity index (χ2v) is 6.50. The molecular weight excluding hydrogens is 232 g/mol. The van der Waals surface area contributed by atoms with Crippen molar-refractivity contribution in [2.75, 3.05) is 5.75 Å². The molecule has 0 heterocycles. The maximum absolute atomic E-state index is 11.8. The van der Waals surface area contributed by atoms with E-state index in [-0.39, 0.29) is 5.75 Å². The Morgan fingerprint density at radius 3 is 2.20 bits per heavy atom. The normalized spacial score (nSPS) is 12.0. The molecule has 0 saturated heterocycles. The Hall–Kier alpha value is -0.540. The minimum absolute atomic E-state index is 0.201. The lowest BCUT2D eigenvalue weighted by Gasteiger charge is -2.06. The summed E-state index contributed by atoms with van der Waals surface area (Å²) >= 11 is 5.69. The summed E-state index contributed by atoms with van der Waals surface area (Å²) in [6.45, 7) is 4.02. The van der Waals surface area contributed by atoms with E-state index in [1.165, 1.54) is 0 Å². The van der Waals surface area contributed by atoms with Crippen LogP contribution in [-0.4, -0.2) is 14.2 Å². The molecule has 0 aliphatic heterocycles. The molecule has 0 bridgehead atoms. The van der Waals surface area contributed by atoms with E-state index >= 15 is 0 Å². The van der Waals surface area contributed by atoms with Crippen LogP contribution in [-0.2, 0) is 9.84 Å². The van der Waals surface area contributed by atoms with Gasteiger partial charge in [-0.05, 0) is 36.6 Å². The summed E-state index contributed by atoms with van der Waals surface area (Å²) in [7, 11) is -3.13. The molecule has 4 heteroatoms. The highest BCUT2D eigenvalue weighted by Crippen LogP contribution is 2.17. The van der Waals surface area contributed by atoms with E-state index in [0.717, 1.165) is 0 Å². The monoisotopic (exact) mass is 246 g/mol. The topological polar surface area (TPSA) is 34.1 Å². The van der Waals surface area contributed by atoms with E-state index in [1.54, 1.807) is 24.3 Å². The minimum atomic E-state index is -3.13. The van der Waals surface area contributed by atoms with Gasteiger partial charge in [-0.1, -0.05) is 25.4 Å². The summed E-state index contributed by atoms with van der Waals surface area (Å²) in [6.07, 6.45) is 0.685. The van der Waals surface area contributed by atoms with E-state index < -0.39 is 9.84 Å². The first-order chi connectivity index (χ1) is 6.92. The van der Waals surface area contributed by atoms with Gasteiger partial charge in [-0.2, -0.15) is 0 Å². The largest absolute Gasteiger partial charge is 0.224 e. The van der Waals surface area contributed by atoms with Gasteiger partial charge in [-0.25, -0.2) is 8.42 Å². The summed E-state index contributed by atoms with van der Waals surface area (Å²) in [5, 5.41) is 0.554. The van der Waals surface area contributed by atoms with E-state index in [4.69, 9.17) is 11.6 Å². The first-order valence-corrected chi connectivity index (χ1v) is 6.93. The Morgan fingerprint density at radius 2 is 1.73 bits per heavy atom. The van der Waals surface area contributed by atoms with Crippen molar-refractivity contribution in [2.45, 2.75) is 25.2 Å². The average Bonchev–Trinajstić information content (AvgIpc) is 2.16. The molecule has 0 radical (unpaired) electrons. The van der Waals surface area contributed by atoms with Gasteiger partial charge < -0.3 is 0 Å². The molecule has 0 N–H and O–H groups in total. The van der Waals surface area contributed by atoms with Gasteiger partial charge >= 0.3 is 0 Å². The molecule has 0 spiro atoms. The van der Waals surface area contributed by atoms with Crippen LogP contribution in [0.1, 0.15) is 20.3 Å². The molecule has 2 nitrogen and oxygen atoms in total. The average molecular weight is 247 g/mol. The van der Waals surface area contributed by atoms with Crippen molar-refractivity contribution in [1.82, 2.24) is 0 Å². The highest BCUT2D eigenvalue weighted by atomic mass is 35.5. The van der Waals surface area contributed by atoms with Crippen molar-refractivity contribution >= 4 is 21.4 Å². The third kappa shape index (κ3) is 3.84. The highest BCUT2D eigenvalue weighted by Gasteiger charge is 2.14. The van der Waals surface area contributed by atoms with E-state index in [0.29, 0.717) is 22.3 Å². The molecule has 15 heavy (non-hydrogen) atoms. The molecule has 1 aromatic rings. The molecule has 0 aliphatic carbocycles. The molecule has 1 aromatic carbocycles. The minimum Gasteiger partial charge on any atom is -0.224 e. The van der Waals surface area contributed by atoms with Gasteiger partial charge in [0.15, 0.2) is 9.84 Å². The first kappa shape index (κ1) is 12.5.